The third kappa shape index (κ3) is 4.61. The fourth-order valence-electron chi connectivity index (χ4n) is 10.4. The van der Waals surface area contributed by atoms with Gasteiger partial charge in [-0.1, -0.05) is 47.1 Å². The van der Waals surface area contributed by atoms with Crippen LogP contribution in [0.15, 0.2) is 11.6 Å². The summed E-state index contributed by atoms with van der Waals surface area (Å²) in [6.07, 6.45) is 9.95. The number of aliphatic hydroxyl groups is 1. The molecule has 8 nitrogen and oxygen atoms in total. The molecule has 4 saturated carbocycles. The number of aliphatic hydroxyl groups excluding tert-OH is 1. The van der Waals surface area contributed by atoms with Crippen molar-refractivity contribution in [1.82, 2.24) is 0 Å². The number of rotatable bonds is 1. The number of fused-ring (bicyclic) bond motifs is 7. The van der Waals surface area contributed by atoms with Gasteiger partial charge in [0.05, 0.1) is 11.5 Å². The molecule has 5 aliphatic carbocycles. The Labute approximate surface area is 232 Å². The molecule has 39 heavy (non-hydrogen) atoms. The van der Waals surface area contributed by atoms with Gasteiger partial charge in [0.2, 0.25) is 0 Å². The van der Waals surface area contributed by atoms with Crippen LogP contribution in [0.1, 0.15) is 106 Å². The van der Waals surface area contributed by atoms with Gasteiger partial charge in [-0.25, -0.2) is 4.57 Å². The van der Waals surface area contributed by atoms with Gasteiger partial charge in [0.1, 0.15) is 0 Å². The van der Waals surface area contributed by atoms with Gasteiger partial charge >= 0.3 is 13.8 Å². The van der Waals surface area contributed by atoms with Crippen LogP contribution < -0.4 is 0 Å². The van der Waals surface area contributed by atoms with E-state index in [4.69, 9.17) is 19.2 Å². The highest BCUT2D eigenvalue weighted by atomic mass is 31.2. The van der Waals surface area contributed by atoms with Gasteiger partial charge in [0, 0.05) is 5.92 Å². The Balaban J connectivity index is 0.000000648. The van der Waals surface area contributed by atoms with Crippen LogP contribution in [-0.4, -0.2) is 42.7 Å². The minimum absolute atomic E-state index is 0.0296. The molecule has 5 aliphatic rings. The molecule has 5 rings (SSSR count). The Morgan fingerprint density at radius 3 is 2.03 bits per heavy atom. The van der Waals surface area contributed by atoms with Gasteiger partial charge in [-0.2, -0.15) is 0 Å². The smallest absolute Gasteiger partial charge is 0.466 e. The van der Waals surface area contributed by atoms with Gasteiger partial charge in [-0.15, -0.1) is 0 Å². The first kappa shape index (κ1) is 30.9. The Morgan fingerprint density at radius 1 is 0.897 bits per heavy atom. The number of ketones is 1. The lowest BCUT2D eigenvalue weighted by atomic mass is 9.33. The van der Waals surface area contributed by atoms with Crippen molar-refractivity contribution in [3.05, 3.63) is 11.6 Å². The van der Waals surface area contributed by atoms with E-state index in [-0.39, 0.29) is 50.8 Å². The molecule has 0 heterocycles. The molecule has 0 aliphatic heterocycles. The summed E-state index contributed by atoms with van der Waals surface area (Å²) >= 11 is 0. The number of phosphoric acid groups is 1. The number of aliphatic carboxylic acids is 1. The van der Waals surface area contributed by atoms with Crippen molar-refractivity contribution < 1.29 is 39.0 Å². The Kier molecular flexibility index (Phi) is 7.31. The molecule has 0 aromatic heterocycles. The quantitative estimate of drug-likeness (QED) is 0.261. The lowest BCUT2D eigenvalue weighted by Crippen LogP contribution is -2.66. The molecular weight excluding hydrogens is 519 g/mol. The summed E-state index contributed by atoms with van der Waals surface area (Å²) in [5.74, 6) is 0.0603. The number of carboxylic acid groups (broad SMARTS) is 1. The molecule has 0 bridgehead atoms. The SMILES string of the molecule is CC1(C)[C@@H](O)CC[C@]2(C)[C@H]3C(=O)C=C4[C@@H]5C[C@@](C)(C(=O)O)CC[C@]5(C)CC[C@@]4(C)[C@]3(C)CC[C@@H]12.O=P(O)(O)O. The van der Waals surface area contributed by atoms with E-state index in [9.17, 15) is 19.8 Å². The third-order valence-electron chi connectivity index (χ3n) is 13.1. The van der Waals surface area contributed by atoms with Crippen molar-refractivity contribution >= 4 is 19.6 Å². The minimum atomic E-state index is -4.64. The van der Waals surface area contributed by atoms with E-state index in [2.05, 4.69) is 41.5 Å². The molecule has 0 aromatic rings. The van der Waals surface area contributed by atoms with Crippen molar-refractivity contribution in [2.45, 2.75) is 112 Å². The lowest BCUT2D eigenvalue weighted by Gasteiger charge is -2.70. The Morgan fingerprint density at radius 2 is 1.46 bits per heavy atom. The van der Waals surface area contributed by atoms with E-state index < -0.39 is 19.2 Å². The highest BCUT2D eigenvalue weighted by Gasteiger charge is 2.70. The molecule has 9 heteroatoms. The van der Waals surface area contributed by atoms with Crippen LogP contribution in [0.25, 0.3) is 0 Å². The van der Waals surface area contributed by atoms with Crippen LogP contribution >= 0.6 is 7.82 Å². The number of carbonyl (C=O) groups excluding carboxylic acids is 1. The zero-order valence-electron chi connectivity index (χ0n) is 24.7. The molecule has 5 N–H and O–H groups in total. The number of carbonyl (C=O) groups is 2. The normalized spacial score (nSPS) is 48.7. The Bertz CT molecular complexity index is 1120. The van der Waals surface area contributed by atoms with Gasteiger partial charge in [-0.05, 0) is 110 Å². The fourth-order valence-corrected chi connectivity index (χ4v) is 10.4. The minimum Gasteiger partial charge on any atom is -0.481 e. The maximum absolute atomic E-state index is 14.2. The topological polar surface area (TPSA) is 152 Å². The van der Waals surface area contributed by atoms with Crippen molar-refractivity contribution in [2.75, 3.05) is 0 Å². The number of hydrogen-bond acceptors (Lipinski definition) is 4. The van der Waals surface area contributed by atoms with Crippen LogP contribution in [0.3, 0.4) is 0 Å². The molecule has 0 aromatic carbocycles. The Hall–Kier alpha value is -1.05. The number of hydrogen-bond donors (Lipinski definition) is 5. The molecular formula is C30H49O8P. The second-order valence-electron chi connectivity index (χ2n) is 15.4. The van der Waals surface area contributed by atoms with E-state index >= 15 is 0 Å². The third-order valence-corrected chi connectivity index (χ3v) is 13.1. The predicted octanol–water partition coefficient (Wildman–Crippen LogP) is 5.48. The molecule has 0 unspecified atom stereocenters. The van der Waals surface area contributed by atoms with Crippen LogP contribution in [-0.2, 0) is 14.2 Å². The van der Waals surface area contributed by atoms with E-state index in [0.717, 1.165) is 51.4 Å². The van der Waals surface area contributed by atoms with Crippen molar-refractivity contribution in [2.24, 2.45) is 50.2 Å². The van der Waals surface area contributed by atoms with E-state index in [1.165, 1.54) is 5.57 Å². The standard InChI is InChI=1S/C30H46O4.H3O4P/c1-25(2)21-8-11-30(7)23(28(21,5)10-9-22(25)32)20(31)16-18-19-17-27(4,24(33)34)13-12-26(19,3)14-15-29(18,30)6;1-5(2,3)4/h16,19,21-23,32H,8-15,17H2,1-7H3,(H,33,34);(H3,1,2,3,4)/t19-,21-,22-,23+,26+,27-,28-,29+,30+;/m0./s1. The van der Waals surface area contributed by atoms with E-state index in [1.54, 1.807) is 0 Å². The summed E-state index contributed by atoms with van der Waals surface area (Å²) in [5, 5.41) is 20.9. The second-order valence-corrected chi connectivity index (χ2v) is 16.5. The predicted molar refractivity (Wildman–Crippen MR) is 147 cm³/mol. The summed E-state index contributed by atoms with van der Waals surface area (Å²) in [6, 6.07) is 0. The van der Waals surface area contributed by atoms with E-state index in [1.807, 2.05) is 13.0 Å². The second kappa shape index (κ2) is 9.22. The molecule has 0 amide bonds. The monoisotopic (exact) mass is 568 g/mol. The molecule has 0 saturated heterocycles. The zero-order valence-corrected chi connectivity index (χ0v) is 25.6. The highest BCUT2D eigenvalue weighted by Crippen LogP contribution is 2.75. The summed E-state index contributed by atoms with van der Waals surface area (Å²) in [6.45, 7) is 15.8. The average molecular weight is 569 g/mol. The van der Waals surface area contributed by atoms with Crippen molar-refractivity contribution in [3.63, 3.8) is 0 Å². The van der Waals surface area contributed by atoms with Crippen molar-refractivity contribution in [1.29, 1.82) is 0 Å². The molecule has 4 fully saturated rings. The maximum Gasteiger partial charge on any atom is 0.466 e. The maximum atomic E-state index is 14.2. The first-order chi connectivity index (χ1) is 17.6. The molecule has 222 valence electrons. The molecule has 0 radical (unpaired) electrons. The molecule has 9 atom stereocenters. The zero-order chi connectivity index (χ0) is 29.6. The molecule has 0 spiro atoms. The van der Waals surface area contributed by atoms with Gasteiger partial charge in [0.25, 0.3) is 0 Å². The van der Waals surface area contributed by atoms with Crippen LogP contribution in [0.5, 0.6) is 0 Å². The van der Waals surface area contributed by atoms with Gasteiger partial charge < -0.3 is 24.9 Å². The van der Waals surface area contributed by atoms with E-state index in [0.29, 0.717) is 12.3 Å². The largest absolute Gasteiger partial charge is 0.481 e. The average Bonchev–Trinajstić information content (AvgIpc) is 2.78. The number of carboxylic acids is 1. The number of allylic oxidation sites excluding steroid dienone is 2. The fraction of sp³-hybridized carbons (Fsp3) is 0.867. The summed E-state index contributed by atoms with van der Waals surface area (Å²) in [4.78, 5) is 48.0. The summed E-state index contributed by atoms with van der Waals surface area (Å²) < 4.78 is 8.88. The van der Waals surface area contributed by atoms with Crippen LogP contribution in [0, 0.1) is 50.2 Å². The van der Waals surface area contributed by atoms with Crippen molar-refractivity contribution in [3.8, 4) is 0 Å². The summed E-state index contributed by atoms with van der Waals surface area (Å²) in [5.41, 5.74) is 0.142. The summed E-state index contributed by atoms with van der Waals surface area (Å²) in [7, 11) is -4.64. The van der Waals surface area contributed by atoms with Gasteiger partial charge in [-0.3, -0.25) is 9.59 Å². The first-order valence-corrected chi connectivity index (χ1v) is 16.1. The lowest BCUT2D eigenvalue weighted by molar-refractivity contribution is -0.202. The highest BCUT2D eigenvalue weighted by molar-refractivity contribution is 7.45. The van der Waals surface area contributed by atoms with Gasteiger partial charge in [0.15, 0.2) is 5.78 Å². The van der Waals surface area contributed by atoms with Crippen LogP contribution in [0.4, 0.5) is 0 Å². The van der Waals surface area contributed by atoms with Crippen LogP contribution in [0.2, 0.25) is 0 Å². The first-order valence-electron chi connectivity index (χ1n) is 14.5.